The van der Waals surface area contributed by atoms with E-state index in [2.05, 4.69) is 11.9 Å². The predicted octanol–water partition coefficient (Wildman–Crippen LogP) is 8.37. The number of benzene rings is 1. The van der Waals surface area contributed by atoms with Crippen LogP contribution < -0.4 is 0 Å². The summed E-state index contributed by atoms with van der Waals surface area (Å²) in [7, 11) is 0. The molecule has 0 radical (unpaired) electrons. The smallest absolute Gasteiger partial charge is 0.194 e. The summed E-state index contributed by atoms with van der Waals surface area (Å²) in [5, 5.41) is 0. The van der Waals surface area contributed by atoms with Crippen LogP contribution in [0.4, 0.5) is 0 Å². The van der Waals surface area contributed by atoms with Crippen LogP contribution in [0.5, 0.6) is 0 Å². The van der Waals surface area contributed by atoms with Crippen LogP contribution >= 0.6 is 0 Å². The van der Waals surface area contributed by atoms with Gasteiger partial charge in [-0.15, -0.1) is 0 Å². The first-order chi connectivity index (χ1) is 15.7. The zero-order valence-corrected chi connectivity index (χ0v) is 20.6. The van der Waals surface area contributed by atoms with E-state index in [1.54, 1.807) is 6.20 Å². The number of rotatable bonds is 18. The lowest BCUT2D eigenvalue weighted by atomic mass is 9.96. The summed E-state index contributed by atoms with van der Waals surface area (Å²) in [6.45, 7) is 4.60. The molecule has 2 rings (SSSR count). The molecule has 0 bridgehead atoms. The van der Waals surface area contributed by atoms with Gasteiger partial charge >= 0.3 is 0 Å². The number of aliphatic imine (C=N–C) groups is 1. The fourth-order valence-electron chi connectivity index (χ4n) is 4.32. The number of carbonyl (C=O) groups excluding carboxylic acids is 1. The first-order valence-corrected chi connectivity index (χ1v) is 13.2. The van der Waals surface area contributed by atoms with E-state index in [-0.39, 0.29) is 5.78 Å². The van der Waals surface area contributed by atoms with Gasteiger partial charge in [-0.3, -0.25) is 9.79 Å². The molecule has 1 aromatic rings. The number of ether oxygens (including phenoxy) is 1. The molecule has 1 heterocycles. The summed E-state index contributed by atoms with van der Waals surface area (Å²) in [5.41, 5.74) is 2.67. The van der Waals surface area contributed by atoms with E-state index in [1.165, 1.54) is 83.5 Å². The van der Waals surface area contributed by atoms with Crippen LogP contribution in [0.3, 0.4) is 0 Å². The Morgan fingerprint density at radius 3 is 1.88 bits per heavy atom. The molecule has 32 heavy (non-hydrogen) atoms. The molecule has 1 aliphatic heterocycles. The Bertz CT molecular complexity index is 692. The lowest BCUT2D eigenvalue weighted by Gasteiger charge is -2.21. The van der Waals surface area contributed by atoms with Crippen molar-refractivity contribution in [3.8, 4) is 0 Å². The summed E-state index contributed by atoms with van der Waals surface area (Å²) in [4.78, 5) is 17.3. The maximum atomic E-state index is 12.8. The first-order valence-electron chi connectivity index (χ1n) is 13.2. The van der Waals surface area contributed by atoms with Crippen LogP contribution in [0.25, 0.3) is 0 Å². The molecule has 1 aliphatic rings. The van der Waals surface area contributed by atoms with Crippen LogP contribution in [0.15, 0.2) is 47.1 Å². The largest absolute Gasteiger partial charge is 0.359 e. The standard InChI is InChI=1S/C29H45NO2/c1-3-4-5-6-7-8-9-10-11-12-13-14-15-19-22-27-23-30-25(2)29(28(27)31)32-24-26-20-17-16-18-21-26/h16-18,20-21,23,29H,3-15,19,22,24H2,1-2H3. The van der Waals surface area contributed by atoms with Crippen molar-refractivity contribution in [2.45, 2.75) is 123 Å². The molecule has 0 saturated heterocycles. The molecule has 0 spiro atoms. The number of ketones is 1. The highest BCUT2D eigenvalue weighted by atomic mass is 16.5. The van der Waals surface area contributed by atoms with Crippen molar-refractivity contribution in [3.05, 3.63) is 47.7 Å². The minimum Gasteiger partial charge on any atom is -0.359 e. The van der Waals surface area contributed by atoms with Crippen molar-refractivity contribution < 1.29 is 9.53 Å². The summed E-state index contributed by atoms with van der Waals surface area (Å²) in [6.07, 6.45) is 20.9. The molecule has 0 N–H and O–H groups in total. The second-order valence-electron chi connectivity index (χ2n) is 9.31. The fourth-order valence-corrected chi connectivity index (χ4v) is 4.32. The Labute approximate surface area is 196 Å². The van der Waals surface area contributed by atoms with Gasteiger partial charge in [0.05, 0.1) is 12.3 Å². The molecule has 1 aromatic carbocycles. The molecule has 0 aromatic heterocycles. The van der Waals surface area contributed by atoms with Gasteiger partial charge in [0.15, 0.2) is 11.9 Å². The molecule has 0 amide bonds. The summed E-state index contributed by atoms with van der Waals surface area (Å²) < 4.78 is 5.93. The van der Waals surface area contributed by atoms with Gasteiger partial charge in [-0.2, -0.15) is 0 Å². The summed E-state index contributed by atoms with van der Waals surface area (Å²) in [5.74, 6) is 0.100. The van der Waals surface area contributed by atoms with Gasteiger partial charge in [-0.05, 0) is 25.3 Å². The summed E-state index contributed by atoms with van der Waals surface area (Å²) >= 11 is 0. The highest BCUT2D eigenvalue weighted by Crippen LogP contribution is 2.20. The Balaban J connectivity index is 1.50. The third-order valence-electron chi connectivity index (χ3n) is 6.42. The van der Waals surface area contributed by atoms with E-state index in [0.717, 1.165) is 29.7 Å². The van der Waals surface area contributed by atoms with E-state index in [1.807, 2.05) is 37.3 Å². The van der Waals surface area contributed by atoms with Crippen molar-refractivity contribution in [3.63, 3.8) is 0 Å². The molecular weight excluding hydrogens is 394 g/mol. The maximum absolute atomic E-state index is 12.8. The van der Waals surface area contributed by atoms with Crippen molar-refractivity contribution in [2.75, 3.05) is 0 Å². The number of nitrogens with zero attached hydrogens (tertiary/aromatic N) is 1. The number of Topliss-reactive ketones (excluding diaryl/α,β-unsaturated/α-hetero) is 1. The average Bonchev–Trinajstić information content (AvgIpc) is 2.81. The average molecular weight is 440 g/mol. The minimum absolute atomic E-state index is 0.100. The third-order valence-corrected chi connectivity index (χ3v) is 6.42. The molecule has 0 aliphatic carbocycles. The topological polar surface area (TPSA) is 38.7 Å². The van der Waals surface area contributed by atoms with Crippen LogP contribution in [0.1, 0.15) is 116 Å². The number of unbranched alkanes of at least 4 members (excludes halogenated alkanes) is 13. The van der Waals surface area contributed by atoms with Gasteiger partial charge in [0, 0.05) is 11.8 Å². The van der Waals surface area contributed by atoms with Crippen LogP contribution in [0, 0.1) is 0 Å². The van der Waals surface area contributed by atoms with Gasteiger partial charge in [0.2, 0.25) is 0 Å². The van der Waals surface area contributed by atoms with Crippen LogP contribution in [-0.2, 0) is 16.1 Å². The Hall–Kier alpha value is -1.74. The number of hydrogen-bond donors (Lipinski definition) is 0. The van der Waals surface area contributed by atoms with E-state index < -0.39 is 6.10 Å². The quantitative estimate of drug-likeness (QED) is 0.215. The molecule has 0 fully saturated rings. The molecule has 1 atom stereocenters. The Morgan fingerprint density at radius 2 is 1.31 bits per heavy atom. The molecule has 1 unspecified atom stereocenters. The summed E-state index contributed by atoms with van der Waals surface area (Å²) in [6, 6.07) is 10.0. The lowest BCUT2D eigenvalue weighted by molar-refractivity contribution is -0.123. The Morgan fingerprint density at radius 1 is 0.781 bits per heavy atom. The monoisotopic (exact) mass is 439 g/mol. The van der Waals surface area contributed by atoms with Crippen molar-refractivity contribution >= 4 is 11.5 Å². The first kappa shape index (κ1) is 26.5. The van der Waals surface area contributed by atoms with E-state index >= 15 is 0 Å². The van der Waals surface area contributed by atoms with Crippen molar-refractivity contribution in [1.82, 2.24) is 0 Å². The molecule has 0 saturated carbocycles. The molecule has 178 valence electrons. The maximum Gasteiger partial charge on any atom is 0.194 e. The van der Waals surface area contributed by atoms with Gasteiger partial charge < -0.3 is 4.74 Å². The highest BCUT2D eigenvalue weighted by molar-refractivity contribution is 6.15. The van der Waals surface area contributed by atoms with Gasteiger partial charge in [0.1, 0.15) is 0 Å². The zero-order chi connectivity index (χ0) is 22.9. The van der Waals surface area contributed by atoms with Gasteiger partial charge in [-0.1, -0.05) is 121 Å². The SMILES string of the molecule is CCCCCCCCCCCCCCCCC1=CN=C(C)C(OCc2ccccc2)C1=O. The minimum atomic E-state index is -0.526. The normalized spacial score (nSPS) is 16.2. The zero-order valence-electron chi connectivity index (χ0n) is 20.6. The number of hydrogen-bond acceptors (Lipinski definition) is 3. The van der Waals surface area contributed by atoms with Crippen molar-refractivity contribution in [1.29, 1.82) is 0 Å². The van der Waals surface area contributed by atoms with Crippen LogP contribution in [-0.4, -0.2) is 17.6 Å². The molecule has 3 nitrogen and oxygen atoms in total. The van der Waals surface area contributed by atoms with Crippen molar-refractivity contribution in [2.24, 2.45) is 4.99 Å². The third kappa shape index (κ3) is 10.7. The van der Waals surface area contributed by atoms with E-state index in [0.29, 0.717) is 6.61 Å². The second-order valence-corrected chi connectivity index (χ2v) is 9.31. The highest BCUT2D eigenvalue weighted by Gasteiger charge is 2.28. The van der Waals surface area contributed by atoms with Crippen LogP contribution in [0.2, 0.25) is 0 Å². The van der Waals surface area contributed by atoms with E-state index in [4.69, 9.17) is 4.74 Å². The number of carbonyl (C=O) groups is 1. The Kier molecular flexibility index (Phi) is 13.9. The molecular formula is C29H45NO2. The van der Waals surface area contributed by atoms with Gasteiger partial charge in [0.25, 0.3) is 0 Å². The second kappa shape index (κ2) is 16.8. The van der Waals surface area contributed by atoms with E-state index in [9.17, 15) is 4.79 Å². The predicted molar refractivity (Wildman–Crippen MR) is 136 cm³/mol. The van der Waals surface area contributed by atoms with Gasteiger partial charge in [-0.25, -0.2) is 0 Å². The fraction of sp³-hybridized carbons (Fsp3) is 0.655. The molecule has 3 heteroatoms. The lowest BCUT2D eigenvalue weighted by Crippen LogP contribution is -2.34.